The van der Waals surface area contributed by atoms with E-state index in [1.165, 1.54) is 22.3 Å². The topological polar surface area (TPSA) is 72.2 Å². The summed E-state index contributed by atoms with van der Waals surface area (Å²) in [4.78, 5) is 22.9. The summed E-state index contributed by atoms with van der Waals surface area (Å²) in [6.45, 7) is 1.59. The van der Waals surface area contributed by atoms with Gasteiger partial charge in [0.25, 0.3) is 0 Å². The lowest BCUT2D eigenvalue weighted by atomic mass is 10.1. The molecule has 0 aliphatic heterocycles. The van der Waals surface area contributed by atoms with Crippen molar-refractivity contribution in [1.29, 1.82) is 0 Å². The Morgan fingerprint density at radius 2 is 1.62 bits per heavy atom. The van der Waals surface area contributed by atoms with Gasteiger partial charge < -0.3 is 11.1 Å². The van der Waals surface area contributed by atoms with Crippen LogP contribution in [0.15, 0.2) is 48.5 Å². The molecule has 2 aromatic carbocycles. The molecule has 1 aliphatic rings. The molecule has 0 aromatic heterocycles. The number of fused-ring (bicyclic) bond motifs is 3. The van der Waals surface area contributed by atoms with Gasteiger partial charge in [0.15, 0.2) is 0 Å². The summed E-state index contributed by atoms with van der Waals surface area (Å²) in [6, 6.07) is 16.2. The van der Waals surface area contributed by atoms with E-state index in [1.807, 2.05) is 0 Å². The molecule has 0 unspecified atom stereocenters. The molecule has 0 radical (unpaired) electrons. The largest absolute Gasteiger partial charge is 0.368 e. The summed E-state index contributed by atoms with van der Waals surface area (Å²) in [5, 5.41) is 2.87. The Bertz CT molecular complexity index is 730. The van der Waals surface area contributed by atoms with Crippen molar-refractivity contribution in [2.24, 2.45) is 5.73 Å². The minimum Gasteiger partial charge on any atom is -0.368 e. The highest BCUT2D eigenvalue weighted by Crippen LogP contribution is 2.49. The van der Waals surface area contributed by atoms with E-state index >= 15 is 0 Å². The quantitative estimate of drug-likeness (QED) is 0.849. The number of carbonyl (C=O) groups is 2. The first kappa shape index (κ1) is 16.6. The Labute approximate surface area is 145 Å². The molecule has 0 fully saturated rings. The summed E-state index contributed by atoms with van der Waals surface area (Å²) in [5.74, 6) is 0.0213. The minimum absolute atomic E-state index is 0.145. The van der Waals surface area contributed by atoms with Gasteiger partial charge in [-0.05, 0) is 29.2 Å². The van der Waals surface area contributed by atoms with Crippen LogP contribution in [-0.4, -0.2) is 23.6 Å². The van der Waals surface area contributed by atoms with Crippen molar-refractivity contribution in [3.8, 4) is 11.1 Å². The van der Waals surface area contributed by atoms with Crippen molar-refractivity contribution in [3.63, 3.8) is 0 Å². The molecular formula is C19H20N2O2S. The van der Waals surface area contributed by atoms with Gasteiger partial charge in [-0.25, -0.2) is 0 Å². The minimum atomic E-state index is -0.629. The second-order valence-corrected chi connectivity index (χ2v) is 7.08. The van der Waals surface area contributed by atoms with Gasteiger partial charge >= 0.3 is 0 Å². The molecule has 1 aliphatic carbocycles. The maximum Gasteiger partial charge on any atom is 0.239 e. The van der Waals surface area contributed by atoms with Crippen LogP contribution in [0, 0.1) is 0 Å². The van der Waals surface area contributed by atoms with Crippen molar-refractivity contribution in [1.82, 2.24) is 5.32 Å². The third-order valence-corrected chi connectivity index (χ3v) is 5.48. The smallest absolute Gasteiger partial charge is 0.239 e. The van der Waals surface area contributed by atoms with Crippen molar-refractivity contribution < 1.29 is 9.59 Å². The zero-order chi connectivity index (χ0) is 17.1. The number of hydrogen-bond acceptors (Lipinski definition) is 3. The Kier molecular flexibility index (Phi) is 4.90. The molecule has 3 rings (SSSR count). The first-order valence-corrected chi connectivity index (χ1v) is 9.01. The van der Waals surface area contributed by atoms with E-state index in [0.29, 0.717) is 12.2 Å². The summed E-state index contributed by atoms with van der Waals surface area (Å²) in [5.41, 5.74) is 10.3. The zero-order valence-corrected chi connectivity index (χ0v) is 14.3. The predicted octanol–water partition coefficient (Wildman–Crippen LogP) is 2.87. The molecular weight excluding hydrogens is 320 g/mol. The van der Waals surface area contributed by atoms with E-state index in [9.17, 15) is 9.59 Å². The van der Waals surface area contributed by atoms with Gasteiger partial charge in [-0.15, -0.1) is 11.8 Å². The van der Waals surface area contributed by atoms with Gasteiger partial charge in [-0.1, -0.05) is 48.5 Å². The van der Waals surface area contributed by atoms with Gasteiger partial charge in [0.05, 0.1) is 5.25 Å². The number of amides is 2. The summed E-state index contributed by atoms with van der Waals surface area (Å²) in [7, 11) is 0. The van der Waals surface area contributed by atoms with Crippen LogP contribution >= 0.6 is 11.8 Å². The second kappa shape index (κ2) is 7.09. The molecule has 0 saturated heterocycles. The maximum atomic E-state index is 11.9. The van der Waals surface area contributed by atoms with Crippen LogP contribution in [0.4, 0.5) is 0 Å². The molecule has 0 spiro atoms. The number of thioether (sulfide) groups is 1. The third kappa shape index (κ3) is 3.31. The second-order valence-electron chi connectivity index (χ2n) is 5.87. The summed E-state index contributed by atoms with van der Waals surface area (Å²) < 4.78 is 0. The predicted molar refractivity (Wildman–Crippen MR) is 97.6 cm³/mol. The monoisotopic (exact) mass is 340 g/mol. The molecule has 0 bridgehead atoms. The molecule has 0 heterocycles. The Morgan fingerprint density at radius 1 is 1.08 bits per heavy atom. The average Bonchev–Trinajstić information content (AvgIpc) is 2.89. The van der Waals surface area contributed by atoms with Crippen molar-refractivity contribution >= 4 is 23.6 Å². The number of carbonyl (C=O) groups excluding carboxylic acids is 2. The van der Waals surface area contributed by atoms with Gasteiger partial charge in [-0.3, -0.25) is 9.59 Å². The molecule has 5 heteroatoms. The van der Waals surface area contributed by atoms with Crippen LogP contribution in [-0.2, 0) is 9.59 Å². The van der Waals surface area contributed by atoms with Crippen molar-refractivity contribution in [2.45, 2.75) is 24.6 Å². The lowest BCUT2D eigenvalue weighted by molar-refractivity contribution is -0.126. The Balaban J connectivity index is 1.66. The highest BCUT2D eigenvalue weighted by Gasteiger charge is 2.28. The standard InChI is InChI=1S/C19H20N2O2S/c1-12(19(20)23)21-17(22)10-11-24-18-15-8-4-2-6-13(15)14-7-3-5-9-16(14)18/h2-9,12,18H,10-11H2,1H3,(H2,20,23)(H,21,22)/t12-/m1/s1. The van der Waals surface area contributed by atoms with Gasteiger partial charge in [0, 0.05) is 12.2 Å². The number of hydrogen-bond donors (Lipinski definition) is 2. The molecule has 2 amide bonds. The van der Waals surface area contributed by atoms with Gasteiger partial charge in [-0.2, -0.15) is 0 Å². The van der Waals surface area contributed by atoms with Crippen LogP contribution in [0.25, 0.3) is 11.1 Å². The third-order valence-electron chi connectivity index (χ3n) is 4.19. The fraction of sp³-hybridized carbons (Fsp3) is 0.263. The summed E-state index contributed by atoms with van der Waals surface area (Å²) >= 11 is 1.76. The molecule has 124 valence electrons. The van der Waals surface area contributed by atoms with Crippen LogP contribution in [0.3, 0.4) is 0 Å². The maximum absolute atomic E-state index is 11.9. The fourth-order valence-electron chi connectivity index (χ4n) is 2.94. The summed E-state index contributed by atoms with van der Waals surface area (Å²) in [6.07, 6.45) is 0.364. The Hall–Kier alpha value is -2.27. The van der Waals surface area contributed by atoms with Crippen LogP contribution in [0.5, 0.6) is 0 Å². The molecule has 4 nitrogen and oxygen atoms in total. The lowest BCUT2D eigenvalue weighted by Crippen LogP contribution is -2.42. The number of benzene rings is 2. The van der Waals surface area contributed by atoms with Gasteiger partial charge in [0.1, 0.15) is 6.04 Å². The number of rotatable bonds is 6. The van der Waals surface area contributed by atoms with E-state index in [1.54, 1.807) is 18.7 Å². The van der Waals surface area contributed by atoms with E-state index in [0.717, 1.165) is 0 Å². The highest BCUT2D eigenvalue weighted by molar-refractivity contribution is 7.99. The molecule has 3 N–H and O–H groups in total. The molecule has 0 saturated carbocycles. The van der Waals surface area contributed by atoms with E-state index < -0.39 is 11.9 Å². The average molecular weight is 340 g/mol. The normalized spacial score (nSPS) is 13.9. The molecule has 2 aromatic rings. The van der Waals surface area contributed by atoms with E-state index in [2.05, 4.69) is 53.8 Å². The van der Waals surface area contributed by atoms with Crippen LogP contribution in [0.1, 0.15) is 29.7 Å². The highest BCUT2D eigenvalue weighted by atomic mass is 32.2. The van der Waals surface area contributed by atoms with E-state index in [4.69, 9.17) is 5.73 Å². The fourth-order valence-corrected chi connectivity index (χ4v) is 4.25. The van der Waals surface area contributed by atoms with Crippen molar-refractivity contribution in [2.75, 3.05) is 5.75 Å². The molecule has 24 heavy (non-hydrogen) atoms. The number of nitrogens with two attached hydrogens (primary N) is 1. The lowest BCUT2D eigenvalue weighted by Gasteiger charge is -2.14. The van der Waals surface area contributed by atoms with Crippen LogP contribution < -0.4 is 11.1 Å². The SMILES string of the molecule is C[C@@H](NC(=O)CCSC1c2ccccc2-c2ccccc21)C(N)=O. The molecule has 1 atom stereocenters. The van der Waals surface area contributed by atoms with Crippen LogP contribution in [0.2, 0.25) is 0 Å². The Morgan fingerprint density at radius 3 is 2.17 bits per heavy atom. The first-order valence-electron chi connectivity index (χ1n) is 7.96. The first-order chi connectivity index (χ1) is 11.6. The number of primary amides is 1. The van der Waals surface area contributed by atoms with E-state index in [-0.39, 0.29) is 11.2 Å². The van der Waals surface area contributed by atoms with Crippen molar-refractivity contribution in [3.05, 3.63) is 59.7 Å². The zero-order valence-electron chi connectivity index (χ0n) is 13.5. The van der Waals surface area contributed by atoms with Gasteiger partial charge in [0.2, 0.25) is 11.8 Å². The number of nitrogens with one attached hydrogen (secondary N) is 1.